The average molecular weight is 212 g/mol. The minimum absolute atomic E-state index is 0.843. The molecular formula is C14H16N2. The number of benzene rings is 1. The first-order valence-corrected chi connectivity index (χ1v) is 6.12. The second kappa shape index (κ2) is 4.20. The molecule has 2 heteroatoms. The number of hydrogen-bond donors (Lipinski definition) is 0. The molecule has 2 aromatic rings. The van der Waals surface area contributed by atoms with Gasteiger partial charge in [-0.05, 0) is 24.5 Å². The number of hydrogen-bond acceptors (Lipinski definition) is 2. The first-order chi connectivity index (χ1) is 7.92. The molecule has 0 unspecified atom stereocenters. The second-order valence-corrected chi connectivity index (χ2v) is 4.70. The van der Waals surface area contributed by atoms with Crippen molar-refractivity contribution >= 4 is 11.0 Å². The lowest BCUT2D eigenvalue weighted by Gasteiger charge is -2.08. The molecule has 3 rings (SSSR count). The van der Waals surface area contributed by atoms with E-state index in [1.54, 1.807) is 0 Å². The second-order valence-electron chi connectivity index (χ2n) is 4.70. The highest BCUT2D eigenvalue weighted by Crippen LogP contribution is 2.27. The van der Waals surface area contributed by atoms with Crippen molar-refractivity contribution < 1.29 is 0 Å². The van der Waals surface area contributed by atoms with Crippen molar-refractivity contribution in [3.05, 3.63) is 36.2 Å². The maximum absolute atomic E-state index is 4.68. The summed E-state index contributed by atoms with van der Waals surface area (Å²) in [5.41, 5.74) is 3.18. The van der Waals surface area contributed by atoms with Crippen molar-refractivity contribution in [2.45, 2.75) is 32.1 Å². The molecule has 82 valence electrons. The van der Waals surface area contributed by atoms with Crippen LogP contribution in [0, 0.1) is 5.92 Å². The molecule has 1 saturated carbocycles. The highest BCUT2D eigenvalue weighted by atomic mass is 14.8. The van der Waals surface area contributed by atoms with Crippen LogP contribution in [0.4, 0.5) is 0 Å². The van der Waals surface area contributed by atoms with E-state index in [1.807, 2.05) is 30.5 Å². The fourth-order valence-electron chi connectivity index (χ4n) is 2.60. The monoisotopic (exact) mass is 212 g/mol. The zero-order valence-electron chi connectivity index (χ0n) is 9.39. The first-order valence-electron chi connectivity index (χ1n) is 6.12. The normalized spacial score (nSPS) is 17.0. The molecule has 0 amide bonds. The highest BCUT2D eigenvalue weighted by Gasteiger charge is 2.16. The molecule has 1 aromatic carbocycles. The van der Waals surface area contributed by atoms with E-state index in [-0.39, 0.29) is 0 Å². The van der Waals surface area contributed by atoms with Gasteiger partial charge in [-0.15, -0.1) is 0 Å². The van der Waals surface area contributed by atoms with Crippen molar-refractivity contribution in [2.24, 2.45) is 5.92 Å². The van der Waals surface area contributed by atoms with E-state index < -0.39 is 0 Å². The maximum atomic E-state index is 4.68. The van der Waals surface area contributed by atoms with Crippen LogP contribution in [0.5, 0.6) is 0 Å². The van der Waals surface area contributed by atoms with E-state index in [9.17, 15) is 0 Å². The Balaban J connectivity index is 1.86. The molecule has 0 radical (unpaired) electrons. The summed E-state index contributed by atoms with van der Waals surface area (Å²) in [6.45, 7) is 0. The average Bonchev–Trinajstić information content (AvgIpc) is 2.82. The van der Waals surface area contributed by atoms with Crippen LogP contribution in [0.25, 0.3) is 11.0 Å². The van der Waals surface area contributed by atoms with E-state index in [0.29, 0.717) is 0 Å². The fourth-order valence-corrected chi connectivity index (χ4v) is 2.60. The summed E-state index contributed by atoms with van der Waals surface area (Å²) in [6, 6.07) is 8.09. The van der Waals surface area contributed by atoms with Crippen LogP contribution >= 0.6 is 0 Å². The van der Waals surface area contributed by atoms with Crippen LogP contribution in [0.15, 0.2) is 30.5 Å². The quantitative estimate of drug-likeness (QED) is 0.762. The standard InChI is InChI=1S/C14H16N2/c1-2-6-11(5-1)9-12-10-15-13-7-3-4-8-14(13)16-12/h3-4,7-8,10-11H,1-2,5-6,9H2. The van der Waals surface area contributed by atoms with E-state index in [4.69, 9.17) is 0 Å². The van der Waals surface area contributed by atoms with Gasteiger partial charge in [0.05, 0.1) is 16.7 Å². The molecule has 1 fully saturated rings. The predicted octanol–water partition coefficient (Wildman–Crippen LogP) is 3.36. The zero-order valence-corrected chi connectivity index (χ0v) is 9.39. The van der Waals surface area contributed by atoms with E-state index in [2.05, 4.69) is 9.97 Å². The van der Waals surface area contributed by atoms with Crippen molar-refractivity contribution in [3.8, 4) is 0 Å². The van der Waals surface area contributed by atoms with Crippen molar-refractivity contribution in [3.63, 3.8) is 0 Å². The van der Waals surface area contributed by atoms with Gasteiger partial charge in [0.15, 0.2) is 0 Å². The summed E-state index contributed by atoms with van der Waals surface area (Å²) in [5.74, 6) is 0.843. The zero-order chi connectivity index (χ0) is 10.8. The Morgan fingerprint density at radius 3 is 2.62 bits per heavy atom. The number of fused-ring (bicyclic) bond motifs is 1. The summed E-state index contributed by atoms with van der Waals surface area (Å²) >= 11 is 0. The largest absolute Gasteiger partial charge is 0.253 e. The van der Waals surface area contributed by atoms with Crippen LogP contribution < -0.4 is 0 Å². The Morgan fingerprint density at radius 2 is 1.81 bits per heavy atom. The Labute approximate surface area is 95.7 Å². The van der Waals surface area contributed by atoms with Gasteiger partial charge in [-0.25, -0.2) is 4.98 Å². The summed E-state index contributed by atoms with van der Waals surface area (Å²) < 4.78 is 0. The van der Waals surface area contributed by atoms with Gasteiger partial charge in [-0.1, -0.05) is 37.8 Å². The lowest BCUT2D eigenvalue weighted by Crippen LogP contribution is -2.01. The molecule has 1 heterocycles. The topological polar surface area (TPSA) is 25.8 Å². The lowest BCUT2D eigenvalue weighted by molar-refractivity contribution is 0.539. The Bertz CT molecular complexity index is 487. The third-order valence-corrected chi connectivity index (χ3v) is 3.47. The number of rotatable bonds is 2. The third-order valence-electron chi connectivity index (χ3n) is 3.47. The Hall–Kier alpha value is -1.44. The molecule has 2 nitrogen and oxygen atoms in total. The fraction of sp³-hybridized carbons (Fsp3) is 0.429. The van der Waals surface area contributed by atoms with Gasteiger partial charge in [0.2, 0.25) is 0 Å². The maximum Gasteiger partial charge on any atom is 0.0890 e. The lowest BCUT2D eigenvalue weighted by atomic mass is 10.0. The molecule has 0 aliphatic heterocycles. The van der Waals surface area contributed by atoms with Gasteiger partial charge in [-0.3, -0.25) is 4.98 Å². The van der Waals surface area contributed by atoms with Gasteiger partial charge >= 0.3 is 0 Å². The molecule has 0 atom stereocenters. The van der Waals surface area contributed by atoms with Crippen LogP contribution in [0.1, 0.15) is 31.4 Å². The minimum atomic E-state index is 0.843. The van der Waals surface area contributed by atoms with E-state index in [0.717, 1.165) is 29.1 Å². The SMILES string of the molecule is c1ccc2nc(CC3CCCC3)cnc2c1. The summed E-state index contributed by atoms with van der Waals surface area (Å²) in [6.07, 6.45) is 8.58. The van der Waals surface area contributed by atoms with Gasteiger partial charge < -0.3 is 0 Å². The number of para-hydroxylation sites is 2. The molecule has 0 N–H and O–H groups in total. The van der Waals surface area contributed by atoms with E-state index >= 15 is 0 Å². The highest BCUT2D eigenvalue weighted by molar-refractivity contribution is 5.73. The van der Waals surface area contributed by atoms with Gasteiger partial charge in [0.25, 0.3) is 0 Å². The predicted molar refractivity (Wildman–Crippen MR) is 65.2 cm³/mol. The summed E-state index contributed by atoms with van der Waals surface area (Å²) in [5, 5.41) is 0. The molecule has 0 bridgehead atoms. The van der Waals surface area contributed by atoms with Gasteiger partial charge in [0, 0.05) is 6.20 Å². The van der Waals surface area contributed by atoms with Crippen LogP contribution in [-0.4, -0.2) is 9.97 Å². The molecule has 1 aliphatic carbocycles. The summed E-state index contributed by atoms with van der Waals surface area (Å²) in [7, 11) is 0. The molecule has 1 aromatic heterocycles. The molecule has 16 heavy (non-hydrogen) atoms. The molecule has 1 aliphatic rings. The molecule has 0 saturated heterocycles. The van der Waals surface area contributed by atoms with Gasteiger partial charge in [-0.2, -0.15) is 0 Å². The van der Waals surface area contributed by atoms with Crippen molar-refractivity contribution in [1.29, 1.82) is 0 Å². The Morgan fingerprint density at radius 1 is 1.06 bits per heavy atom. The van der Waals surface area contributed by atoms with Crippen LogP contribution in [-0.2, 0) is 6.42 Å². The molecule has 0 spiro atoms. The smallest absolute Gasteiger partial charge is 0.0890 e. The van der Waals surface area contributed by atoms with E-state index in [1.165, 1.54) is 25.7 Å². The van der Waals surface area contributed by atoms with Crippen molar-refractivity contribution in [1.82, 2.24) is 9.97 Å². The number of nitrogens with zero attached hydrogens (tertiary/aromatic N) is 2. The first kappa shape index (κ1) is 9.76. The van der Waals surface area contributed by atoms with Crippen molar-refractivity contribution in [2.75, 3.05) is 0 Å². The third kappa shape index (κ3) is 1.92. The summed E-state index contributed by atoms with van der Waals surface area (Å²) in [4.78, 5) is 9.14. The number of aromatic nitrogens is 2. The van der Waals surface area contributed by atoms with Crippen LogP contribution in [0.2, 0.25) is 0 Å². The minimum Gasteiger partial charge on any atom is -0.253 e. The molecular weight excluding hydrogens is 196 g/mol. The Kier molecular flexibility index (Phi) is 2.56. The van der Waals surface area contributed by atoms with Gasteiger partial charge in [0.1, 0.15) is 0 Å². The van der Waals surface area contributed by atoms with Crippen LogP contribution in [0.3, 0.4) is 0 Å².